The second-order valence-corrected chi connectivity index (χ2v) is 2.58. The molecule has 1 heterocycles. The molecule has 58 valence electrons. The zero-order chi connectivity index (χ0) is 8.10. The lowest BCUT2D eigenvalue weighted by molar-refractivity contribution is 0.660. The van der Waals surface area contributed by atoms with Gasteiger partial charge in [0.2, 0.25) is 0 Å². The van der Waals surface area contributed by atoms with E-state index in [4.69, 9.17) is 0 Å². The summed E-state index contributed by atoms with van der Waals surface area (Å²) in [6.45, 7) is 2.95. The minimum atomic E-state index is 0.713. The number of alkyl halides is 1. The molecule has 0 aromatic carbocycles. The van der Waals surface area contributed by atoms with Crippen molar-refractivity contribution in [1.82, 2.24) is 9.78 Å². The molecule has 0 spiro atoms. The Kier molecular flexibility index (Phi) is 3.18. The van der Waals surface area contributed by atoms with Crippen molar-refractivity contribution in [2.45, 2.75) is 13.5 Å². The molecule has 3 heteroatoms. The van der Waals surface area contributed by atoms with Crippen LogP contribution in [0.3, 0.4) is 0 Å². The highest BCUT2D eigenvalue weighted by Crippen LogP contribution is 1.94. The summed E-state index contributed by atoms with van der Waals surface area (Å²) in [6, 6.07) is 0. The van der Waals surface area contributed by atoms with E-state index in [0.29, 0.717) is 5.33 Å². The summed E-state index contributed by atoms with van der Waals surface area (Å²) in [4.78, 5) is 0. The van der Waals surface area contributed by atoms with Gasteiger partial charge < -0.3 is 0 Å². The van der Waals surface area contributed by atoms with Gasteiger partial charge >= 0.3 is 0 Å². The second-order valence-electron chi connectivity index (χ2n) is 2.02. The third-order valence-electron chi connectivity index (χ3n) is 1.26. The van der Waals surface area contributed by atoms with Crippen molar-refractivity contribution in [1.29, 1.82) is 0 Å². The molecule has 0 saturated carbocycles. The number of nitrogens with zero attached hydrogens (tertiary/aromatic N) is 2. The fraction of sp³-hybridized carbons (Fsp3) is 0.375. The van der Waals surface area contributed by atoms with E-state index in [1.165, 1.54) is 0 Å². The van der Waals surface area contributed by atoms with Gasteiger partial charge in [-0.3, -0.25) is 4.68 Å². The number of halogens is 1. The highest BCUT2D eigenvalue weighted by Gasteiger charge is 1.90. The van der Waals surface area contributed by atoms with Crippen LogP contribution in [-0.4, -0.2) is 15.1 Å². The maximum Gasteiger partial charge on any atom is 0.0649 e. The molecule has 0 fully saturated rings. The first-order chi connectivity index (χ1) is 5.36. The van der Waals surface area contributed by atoms with Crippen LogP contribution in [0.2, 0.25) is 0 Å². The van der Waals surface area contributed by atoms with Gasteiger partial charge in [-0.15, -0.1) is 0 Å². The molecular weight excluding hydrogens is 204 g/mol. The first kappa shape index (κ1) is 8.35. The highest BCUT2D eigenvalue weighted by molar-refractivity contribution is 9.09. The van der Waals surface area contributed by atoms with Crippen LogP contribution in [0.5, 0.6) is 0 Å². The normalized spacial score (nSPS) is 8.91. The van der Waals surface area contributed by atoms with E-state index in [1.807, 2.05) is 10.9 Å². The van der Waals surface area contributed by atoms with Crippen molar-refractivity contribution in [3.05, 3.63) is 18.0 Å². The molecule has 0 saturated heterocycles. The third-order valence-corrected chi connectivity index (χ3v) is 1.54. The topological polar surface area (TPSA) is 17.8 Å². The Morgan fingerprint density at radius 3 is 3.09 bits per heavy atom. The molecule has 0 N–H and O–H groups in total. The summed E-state index contributed by atoms with van der Waals surface area (Å²) >= 11 is 3.23. The van der Waals surface area contributed by atoms with Crippen molar-refractivity contribution < 1.29 is 0 Å². The number of hydrogen-bond acceptors (Lipinski definition) is 1. The maximum absolute atomic E-state index is 4.09. The lowest BCUT2D eigenvalue weighted by atomic mass is 10.4. The largest absolute Gasteiger partial charge is 0.272 e. The summed E-state index contributed by atoms with van der Waals surface area (Å²) in [5.74, 6) is 5.88. The Hall–Kier alpha value is -0.750. The van der Waals surface area contributed by atoms with E-state index in [9.17, 15) is 0 Å². The predicted molar refractivity (Wildman–Crippen MR) is 48.6 cm³/mol. The standard InChI is InChI=1S/C8H9BrN2/c1-2-11-7-8(6-10-11)4-3-5-9/h6-7H,2,5H2,1H3. The van der Waals surface area contributed by atoms with Crippen LogP contribution < -0.4 is 0 Å². The minimum Gasteiger partial charge on any atom is -0.272 e. The van der Waals surface area contributed by atoms with E-state index < -0.39 is 0 Å². The molecule has 0 amide bonds. The molecule has 0 bridgehead atoms. The molecule has 0 aliphatic heterocycles. The van der Waals surface area contributed by atoms with Gasteiger partial charge in [-0.25, -0.2) is 0 Å². The number of aromatic nitrogens is 2. The summed E-state index contributed by atoms with van der Waals surface area (Å²) in [6.07, 6.45) is 3.72. The van der Waals surface area contributed by atoms with E-state index >= 15 is 0 Å². The Bertz CT molecular complexity index is 280. The van der Waals surface area contributed by atoms with E-state index in [1.54, 1.807) is 6.20 Å². The van der Waals surface area contributed by atoms with Gasteiger partial charge in [0.1, 0.15) is 0 Å². The van der Waals surface area contributed by atoms with Gasteiger partial charge in [0.25, 0.3) is 0 Å². The van der Waals surface area contributed by atoms with Gasteiger partial charge in [-0.1, -0.05) is 27.8 Å². The molecule has 1 aromatic heterocycles. The average Bonchev–Trinajstić information content (AvgIpc) is 2.48. The summed E-state index contributed by atoms with van der Waals surface area (Å²) in [5.41, 5.74) is 0.978. The van der Waals surface area contributed by atoms with Gasteiger partial charge in [0, 0.05) is 12.7 Å². The lowest BCUT2D eigenvalue weighted by Gasteiger charge is -1.88. The smallest absolute Gasteiger partial charge is 0.0649 e. The van der Waals surface area contributed by atoms with Crippen molar-refractivity contribution in [2.75, 3.05) is 5.33 Å². The van der Waals surface area contributed by atoms with Crippen LogP contribution in [-0.2, 0) is 6.54 Å². The van der Waals surface area contributed by atoms with Crippen LogP contribution in [0.4, 0.5) is 0 Å². The molecule has 1 aromatic rings. The average molecular weight is 213 g/mol. The Labute approximate surface area is 74.7 Å². The first-order valence-corrected chi connectivity index (χ1v) is 4.56. The predicted octanol–water partition coefficient (Wildman–Crippen LogP) is 1.65. The molecule has 1 rings (SSSR count). The molecule has 11 heavy (non-hydrogen) atoms. The number of rotatable bonds is 1. The van der Waals surface area contributed by atoms with Crippen LogP contribution in [0.25, 0.3) is 0 Å². The minimum absolute atomic E-state index is 0.713. The Balaban J connectivity index is 2.72. The maximum atomic E-state index is 4.09. The SMILES string of the molecule is CCn1cc(C#CCBr)cn1. The molecule has 0 unspecified atom stereocenters. The zero-order valence-electron chi connectivity index (χ0n) is 6.34. The van der Waals surface area contributed by atoms with Gasteiger partial charge in [-0.05, 0) is 6.92 Å². The van der Waals surface area contributed by atoms with Crippen LogP contribution in [0, 0.1) is 11.8 Å². The van der Waals surface area contributed by atoms with Crippen LogP contribution >= 0.6 is 15.9 Å². The molecule has 0 aliphatic carbocycles. The van der Waals surface area contributed by atoms with Crippen molar-refractivity contribution in [2.24, 2.45) is 0 Å². The van der Waals surface area contributed by atoms with Gasteiger partial charge in [0.05, 0.1) is 17.1 Å². The summed E-state index contributed by atoms with van der Waals surface area (Å²) in [7, 11) is 0. The highest BCUT2D eigenvalue weighted by atomic mass is 79.9. The lowest BCUT2D eigenvalue weighted by Crippen LogP contribution is -1.91. The van der Waals surface area contributed by atoms with Crippen LogP contribution in [0.15, 0.2) is 12.4 Å². The fourth-order valence-electron chi connectivity index (χ4n) is 0.737. The molecule has 2 nitrogen and oxygen atoms in total. The molecular formula is C8H9BrN2. The first-order valence-electron chi connectivity index (χ1n) is 3.44. The van der Waals surface area contributed by atoms with Gasteiger partial charge in [0.15, 0.2) is 0 Å². The molecule has 0 aliphatic rings. The Morgan fingerprint density at radius 2 is 2.55 bits per heavy atom. The number of aryl methyl sites for hydroxylation is 1. The van der Waals surface area contributed by atoms with E-state index in [-0.39, 0.29) is 0 Å². The monoisotopic (exact) mass is 212 g/mol. The van der Waals surface area contributed by atoms with Crippen molar-refractivity contribution in [3.63, 3.8) is 0 Å². The van der Waals surface area contributed by atoms with Crippen molar-refractivity contribution in [3.8, 4) is 11.8 Å². The Morgan fingerprint density at radius 1 is 1.73 bits per heavy atom. The zero-order valence-corrected chi connectivity index (χ0v) is 7.93. The molecule has 0 atom stereocenters. The quantitative estimate of drug-likeness (QED) is 0.512. The van der Waals surface area contributed by atoms with Crippen molar-refractivity contribution >= 4 is 15.9 Å². The fourth-order valence-corrected chi connectivity index (χ4v) is 0.877. The third kappa shape index (κ3) is 2.39. The van der Waals surface area contributed by atoms with Crippen LogP contribution in [0.1, 0.15) is 12.5 Å². The summed E-state index contributed by atoms with van der Waals surface area (Å²) < 4.78 is 1.86. The summed E-state index contributed by atoms with van der Waals surface area (Å²) in [5, 5.41) is 4.80. The van der Waals surface area contributed by atoms with Gasteiger partial charge in [-0.2, -0.15) is 5.10 Å². The molecule has 0 radical (unpaired) electrons. The second kappa shape index (κ2) is 4.20. The van der Waals surface area contributed by atoms with E-state index in [0.717, 1.165) is 12.1 Å². The number of hydrogen-bond donors (Lipinski definition) is 0. The van der Waals surface area contributed by atoms with E-state index in [2.05, 4.69) is 39.8 Å².